The summed E-state index contributed by atoms with van der Waals surface area (Å²) in [5.74, 6) is -1.78. The molecule has 50 valence electrons. The third-order valence-corrected chi connectivity index (χ3v) is 0.948. The highest BCUT2D eigenvalue weighted by molar-refractivity contribution is 6.74. The molecule has 0 radical (unpaired) electrons. The topological polar surface area (TPSA) is 52.6 Å². The quantitative estimate of drug-likeness (QED) is 0.335. The maximum atomic E-state index is 10.3. The van der Waals surface area contributed by atoms with Crippen LogP contribution in [0, 0.1) is 0 Å². The first-order valence-corrected chi connectivity index (χ1v) is 2.69. The number of carbonyl (C=O) groups excluding carboxylic acids is 2. The van der Waals surface area contributed by atoms with Crippen LogP contribution in [0.15, 0.2) is 0 Å². The molecule has 0 spiro atoms. The highest BCUT2D eigenvalue weighted by Gasteiger charge is 2.34. The van der Waals surface area contributed by atoms with E-state index < -0.39 is 18.5 Å². The highest BCUT2D eigenvalue weighted by atomic mass is 16.7. The monoisotopic (exact) mass is 129 g/mol. The largest absolute Gasteiger partial charge is 0.648 e. The van der Waals surface area contributed by atoms with Crippen molar-refractivity contribution in [3.05, 3.63) is 0 Å². The van der Waals surface area contributed by atoms with E-state index in [0.29, 0.717) is 0 Å². The maximum absolute atomic E-state index is 10.3. The van der Waals surface area contributed by atoms with Crippen LogP contribution in [-0.2, 0) is 18.9 Å². The lowest BCUT2D eigenvalue weighted by Gasteiger charge is -2.20. The zero-order valence-electron chi connectivity index (χ0n) is 5.21. The van der Waals surface area contributed by atoms with Gasteiger partial charge in [0.1, 0.15) is 0 Å². The summed E-state index contributed by atoms with van der Waals surface area (Å²) in [7, 11) is 0. The molecule has 1 aliphatic rings. The van der Waals surface area contributed by atoms with Crippen LogP contribution in [0.2, 0.25) is 13.6 Å². The molecule has 1 fully saturated rings. The minimum absolute atomic E-state index is 0.889. The van der Waals surface area contributed by atoms with E-state index >= 15 is 0 Å². The lowest BCUT2D eigenvalue weighted by Crippen LogP contribution is -2.27. The molecule has 1 aliphatic heterocycles. The molecule has 4 nitrogen and oxygen atoms in total. The van der Waals surface area contributed by atoms with Gasteiger partial charge in [0.2, 0.25) is 0 Å². The van der Waals surface area contributed by atoms with E-state index in [9.17, 15) is 9.59 Å². The van der Waals surface area contributed by atoms with Gasteiger partial charge in [-0.25, -0.2) is 9.59 Å². The molecule has 0 atom stereocenters. The van der Waals surface area contributed by atoms with Gasteiger partial charge in [0.05, 0.1) is 0 Å². The third kappa shape index (κ3) is 1.04. The molecule has 1 saturated heterocycles. The molecule has 5 heteroatoms. The van der Waals surface area contributed by atoms with E-state index in [4.69, 9.17) is 0 Å². The van der Waals surface area contributed by atoms with Crippen LogP contribution in [-0.4, -0.2) is 18.5 Å². The Morgan fingerprint density at radius 1 is 1.11 bits per heavy atom. The molecule has 0 saturated carbocycles. The molecule has 0 amide bonds. The fraction of sp³-hybridized carbons (Fsp3) is 0.500. The summed E-state index contributed by atoms with van der Waals surface area (Å²) >= 11 is 0. The van der Waals surface area contributed by atoms with Gasteiger partial charge in [0.15, 0.2) is 0 Å². The number of hydrogen-bond acceptors (Lipinski definition) is 4. The Morgan fingerprint density at radius 3 is 1.56 bits per heavy atom. The molecular weight excluding hydrogens is 123 g/mol. The molecule has 9 heavy (non-hydrogen) atoms. The lowest BCUT2D eigenvalue weighted by atomic mass is 9.64. The first-order valence-electron chi connectivity index (χ1n) is 2.69. The first-order chi connectivity index (χ1) is 4.01. The van der Waals surface area contributed by atoms with Crippen molar-refractivity contribution in [2.24, 2.45) is 0 Å². The van der Waals surface area contributed by atoms with Crippen LogP contribution < -0.4 is 0 Å². The predicted octanol–water partition coefficient (Wildman–Crippen LogP) is -0.212. The van der Waals surface area contributed by atoms with Crippen molar-refractivity contribution in [3.8, 4) is 0 Å². The molecule has 1 heterocycles. The molecular formula is C4H6BO4-. The van der Waals surface area contributed by atoms with E-state index in [1.165, 1.54) is 0 Å². The summed E-state index contributed by atoms with van der Waals surface area (Å²) in [5.41, 5.74) is 0. The molecule has 0 N–H and O–H groups in total. The van der Waals surface area contributed by atoms with Crippen molar-refractivity contribution in [3.63, 3.8) is 0 Å². The summed E-state index contributed by atoms with van der Waals surface area (Å²) in [5, 5.41) is 0. The van der Waals surface area contributed by atoms with E-state index in [1.807, 2.05) is 0 Å². The van der Waals surface area contributed by atoms with E-state index in [1.54, 1.807) is 13.6 Å². The molecule has 1 rings (SSSR count). The van der Waals surface area contributed by atoms with E-state index in [0.717, 1.165) is 0 Å². The zero-order chi connectivity index (χ0) is 7.07. The predicted molar refractivity (Wildman–Crippen MR) is 29.7 cm³/mol. The maximum Gasteiger partial charge on any atom is 0.367 e. The second kappa shape index (κ2) is 1.49. The van der Waals surface area contributed by atoms with Gasteiger partial charge in [0, 0.05) is 0 Å². The van der Waals surface area contributed by atoms with Gasteiger partial charge >= 0.3 is 18.5 Å². The van der Waals surface area contributed by atoms with Crippen LogP contribution in [0.1, 0.15) is 0 Å². The zero-order valence-corrected chi connectivity index (χ0v) is 5.21. The van der Waals surface area contributed by atoms with Crippen molar-refractivity contribution >= 4 is 18.5 Å². The van der Waals surface area contributed by atoms with Gasteiger partial charge in [-0.05, 0) is 0 Å². The lowest BCUT2D eigenvalue weighted by molar-refractivity contribution is -0.150. The van der Waals surface area contributed by atoms with Gasteiger partial charge in [-0.3, -0.25) is 0 Å². The average molecular weight is 129 g/mol. The summed E-state index contributed by atoms with van der Waals surface area (Å²) in [6.07, 6.45) is 0. The first kappa shape index (κ1) is 6.13. The van der Waals surface area contributed by atoms with E-state index in [-0.39, 0.29) is 0 Å². The standard InChI is InChI=1S/C4H6BO4/c1-5(2)8-3(6)4(7)9-5/h1-2H3/q-1. The highest BCUT2D eigenvalue weighted by Crippen LogP contribution is 2.14. The van der Waals surface area contributed by atoms with Crippen molar-refractivity contribution in [2.45, 2.75) is 13.6 Å². The van der Waals surface area contributed by atoms with Gasteiger partial charge in [0.25, 0.3) is 0 Å². The molecule has 0 bridgehead atoms. The van der Waals surface area contributed by atoms with Crippen LogP contribution >= 0.6 is 0 Å². The third-order valence-electron chi connectivity index (χ3n) is 0.948. The van der Waals surface area contributed by atoms with Crippen molar-refractivity contribution in [1.29, 1.82) is 0 Å². The average Bonchev–Trinajstić information content (AvgIpc) is 1.79. The second-order valence-electron chi connectivity index (χ2n) is 2.43. The fourth-order valence-corrected chi connectivity index (χ4v) is 0.636. The van der Waals surface area contributed by atoms with Gasteiger partial charge in [-0.15, -0.1) is 13.6 Å². The Labute approximate surface area is 52.1 Å². The van der Waals surface area contributed by atoms with Crippen LogP contribution in [0.3, 0.4) is 0 Å². The van der Waals surface area contributed by atoms with Gasteiger partial charge in [-0.2, -0.15) is 0 Å². The summed E-state index contributed by atoms with van der Waals surface area (Å²) < 4.78 is 9.03. The fourth-order valence-electron chi connectivity index (χ4n) is 0.636. The van der Waals surface area contributed by atoms with Crippen LogP contribution in [0.5, 0.6) is 0 Å². The second-order valence-corrected chi connectivity index (χ2v) is 2.43. The summed E-state index contributed by atoms with van der Waals surface area (Å²) in [6.45, 7) is 1.47. The Kier molecular flexibility index (Phi) is 1.02. The smallest absolute Gasteiger partial charge is 0.367 e. The van der Waals surface area contributed by atoms with Crippen LogP contribution in [0.4, 0.5) is 0 Å². The number of carbonyl (C=O) groups is 2. The van der Waals surface area contributed by atoms with Crippen molar-refractivity contribution in [1.82, 2.24) is 0 Å². The number of rotatable bonds is 0. The van der Waals surface area contributed by atoms with Crippen molar-refractivity contribution in [2.75, 3.05) is 0 Å². The van der Waals surface area contributed by atoms with Crippen molar-refractivity contribution < 1.29 is 18.9 Å². The van der Waals surface area contributed by atoms with Gasteiger partial charge < -0.3 is 9.31 Å². The molecule has 0 aromatic rings. The Hall–Kier alpha value is -0.995. The Bertz CT molecular complexity index is 155. The van der Waals surface area contributed by atoms with Crippen LogP contribution in [0.25, 0.3) is 0 Å². The minimum atomic E-state index is -1.65. The normalized spacial score (nSPS) is 23.3. The minimum Gasteiger partial charge on any atom is -0.648 e. The SMILES string of the molecule is C[B-]1(C)OC(=O)C(=O)O1. The molecule has 0 aromatic heterocycles. The molecule has 0 aromatic carbocycles. The molecule has 0 unspecified atom stereocenters. The Balaban J connectivity index is 2.76. The van der Waals surface area contributed by atoms with Gasteiger partial charge in [-0.1, -0.05) is 0 Å². The molecule has 0 aliphatic carbocycles. The summed E-state index contributed by atoms with van der Waals surface area (Å²) in [4.78, 5) is 20.6. The summed E-state index contributed by atoms with van der Waals surface area (Å²) in [6, 6.07) is 0. The Morgan fingerprint density at radius 2 is 1.44 bits per heavy atom. The number of hydrogen-bond donors (Lipinski definition) is 0. The van der Waals surface area contributed by atoms with E-state index in [2.05, 4.69) is 9.31 Å².